The Balaban J connectivity index is 1.88. The second-order valence-electron chi connectivity index (χ2n) is 6.76. The first kappa shape index (κ1) is 20.0. The van der Waals surface area contributed by atoms with Crippen LogP contribution in [-0.2, 0) is 16.5 Å². The molecule has 4 N–H and O–H groups in total. The molecule has 0 radical (unpaired) electrons. The van der Waals surface area contributed by atoms with Gasteiger partial charge in [0.1, 0.15) is 5.82 Å². The molecular weight excluding hydrogens is 375 g/mol. The molecule has 0 bridgehead atoms. The first-order valence-corrected chi connectivity index (χ1v) is 10.8. The highest BCUT2D eigenvalue weighted by Crippen LogP contribution is 2.35. The van der Waals surface area contributed by atoms with E-state index in [1.54, 1.807) is 38.4 Å². The monoisotopic (exact) mass is 400 g/mol. The van der Waals surface area contributed by atoms with Gasteiger partial charge in [-0.25, -0.2) is 9.11 Å². The summed E-state index contributed by atoms with van der Waals surface area (Å²) in [6, 6.07) is 12.1. The summed E-state index contributed by atoms with van der Waals surface area (Å²) >= 11 is 0. The lowest BCUT2D eigenvalue weighted by atomic mass is 10.0. The van der Waals surface area contributed by atoms with Gasteiger partial charge in [0.25, 0.3) is 0 Å². The first-order chi connectivity index (χ1) is 13.3. The fourth-order valence-electron chi connectivity index (χ4n) is 3.02. The highest BCUT2D eigenvalue weighted by Gasteiger charge is 2.33. The van der Waals surface area contributed by atoms with Crippen LogP contribution in [-0.4, -0.2) is 22.8 Å². The zero-order valence-electron chi connectivity index (χ0n) is 16.0. The Hall–Kier alpha value is -2.77. The van der Waals surface area contributed by atoms with Gasteiger partial charge < -0.3 is 16.0 Å². The average molecular weight is 401 g/mol. The van der Waals surface area contributed by atoms with Crippen molar-refractivity contribution >= 4 is 27.1 Å². The van der Waals surface area contributed by atoms with Crippen LogP contribution >= 0.6 is 0 Å². The number of benzene rings is 2. The number of nitrogens with one attached hydrogen (secondary N) is 4. The number of allylic oxidation sites excluding steroid dienone is 2. The van der Waals surface area contributed by atoms with Crippen LogP contribution in [0.2, 0.25) is 0 Å². The third-order valence-corrected chi connectivity index (χ3v) is 6.54. The van der Waals surface area contributed by atoms with Crippen molar-refractivity contribution in [2.75, 3.05) is 18.2 Å². The highest BCUT2D eigenvalue weighted by atomic mass is 32.3. The molecule has 1 aliphatic rings. The maximum atomic E-state index is 13.9. The maximum Gasteiger partial charge on any atom is 0.126 e. The number of anilines is 1. The smallest absolute Gasteiger partial charge is 0.126 e. The van der Waals surface area contributed by atoms with Crippen LogP contribution in [0.1, 0.15) is 18.1 Å². The number of hydrogen-bond acceptors (Lipinski definition) is 4. The van der Waals surface area contributed by atoms with Crippen LogP contribution in [0.5, 0.6) is 0 Å². The van der Waals surface area contributed by atoms with E-state index < -0.39 is 10.1 Å². The van der Waals surface area contributed by atoms with E-state index >= 15 is 0 Å². The normalized spacial score (nSPS) is 16.2. The zero-order chi connectivity index (χ0) is 20.3. The van der Waals surface area contributed by atoms with Gasteiger partial charge in [0.15, 0.2) is 0 Å². The molecule has 1 saturated heterocycles. The lowest BCUT2D eigenvalue weighted by molar-refractivity contribution is 0.613. The zero-order valence-corrected chi connectivity index (χ0v) is 16.9. The molecule has 1 heterocycles. The maximum absolute atomic E-state index is 13.9. The highest BCUT2D eigenvalue weighted by molar-refractivity contribution is 8.07. The topological polar surface area (TPSA) is 86.9 Å². The van der Waals surface area contributed by atoms with Crippen molar-refractivity contribution in [2.45, 2.75) is 18.2 Å². The number of halogens is 1. The molecule has 0 unspecified atom stereocenters. The van der Waals surface area contributed by atoms with Crippen molar-refractivity contribution < 1.29 is 8.60 Å². The minimum atomic E-state index is -2.61. The summed E-state index contributed by atoms with van der Waals surface area (Å²) in [6.07, 6.45) is 2.09. The minimum absolute atomic E-state index is 0.267. The SMILES string of the molecule is C=C(Cc1ccccc1F)Nc1ccc(/C(=C/NC)C(C)=N)c([SH]2(=O)CN2)c1. The van der Waals surface area contributed by atoms with Gasteiger partial charge in [0.2, 0.25) is 0 Å². The van der Waals surface area contributed by atoms with Crippen molar-refractivity contribution in [3.8, 4) is 0 Å². The molecule has 1 aliphatic heterocycles. The summed E-state index contributed by atoms with van der Waals surface area (Å²) in [5, 5.41) is 14.2. The van der Waals surface area contributed by atoms with E-state index in [1.165, 1.54) is 6.07 Å². The summed E-state index contributed by atoms with van der Waals surface area (Å²) in [5.41, 5.74) is 3.77. The Morgan fingerprint density at radius 1 is 1.36 bits per heavy atom. The van der Waals surface area contributed by atoms with Crippen molar-refractivity contribution in [1.82, 2.24) is 10.0 Å². The summed E-state index contributed by atoms with van der Waals surface area (Å²) < 4.78 is 29.8. The van der Waals surface area contributed by atoms with Crippen LogP contribution in [0.4, 0.5) is 10.1 Å². The molecule has 0 saturated carbocycles. The fraction of sp³-hybridized carbons (Fsp3) is 0.190. The predicted molar refractivity (Wildman–Crippen MR) is 116 cm³/mol. The fourth-order valence-corrected chi connectivity index (χ4v) is 4.81. The molecule has 0 amide bonds. The first-order valence-electron chi connectivity index (χ1n) is 8.94. The van der Waals surface area contributed by atoms with Crippen LogP contribution in [0.15, 0.2) is 65.8 Å². The van der Waals surface area contributed by atoms with Gasteiger partial charge in [-0.2, -0.15) is 0 Å². The molecule has 1 fully saturated rings. The summed E-state index contributed by atoms with van der Waals surface area (Å²) in [6.45, 7) is 5.69. The molecule has 7 heteroatoms. The van der Waals surface area contributed by atoms with Crippen molar-refractivity contribution in [3.63, 3.8) is 0 Å². The van der Waals surface area contributed by atoms with E-state index in [4.69, 9.17) is 5.41 Å². The Morgan fingerprint density at radius 3 is 2.68 bits per heavy atom. The molecule has 3 rings (SSSR count). The van der Waals surface area contributed by atoms with Crippen LogP contribution < -0.4 is 15.4 Å². The van der Waals surface area contributed by atoms with Gasteiger partial charge in [0, 0.05) is 52.8 Å². The Morgan fingerprint density at radius 2 is 2.07 bits per heavy atom. The molecule has 2 aromatic rings. The molecule has 5 nitrogen and oxygen atoms in total. The molecule has 0 atom stereocenters. The van der Waals surface area contributed by atoms with E-state index in [2.05, 4.69) is 21.9 Å². The van der Waals surface area contributed by atoms with E-state index in [-0.39, 0.29) is 5.82 Å². The Labute approximate surface area is 165 Å². The van der Waals surface area contributed by atoms with Crippen LogP contribution in [0.3, 0.4) is 0 Å². The molecule has 0 aromatic heterocycles. The molecule has 2 aromatic carbocycles. The van der Waals surface area contributed by atoms with Crippen molar-refractivity contribution in [2.24, 2.45) is 0 Å². The minimum Gasteiger partial charge on any atom is -0.393 e. The number of rotatable bonds is 8. The van der Waals surface area contributed by atoms with Crippen LogP contribution in [0, 0.1) is 11.2 Å². The van der Waals surface area contributed by atoms with Gasteiger partial charge in [-0.15, -0.1) is 0 Å². The Kier molecular flexibility index (Phi) is 5.76. The van der Waals surface area contributed by atoms with E-state index in [1.807, 2.05) is 18.2 Å². The van der Waals surface area contributed by atoms with Gasteiger partial charge in [-0.1, -0.05) is 30.8 Å². The third-order valence-electron chi connectivity index (χ3n) is 4.50. The molecule has 148 valence electrons. The quantitative estimate of drug-likeness (QED) is 0.267. The second kappa shape index (κ2) is 8.08. The van der Waals surface area contributed by atoms with Crippen molar-refractivity contribution in [3.05, 3.63) is 77.9 Å². The predicted octanol–water partition coefficient (Wildman–Crippen LogP) is 3.45. The second-order valence-corrected chi connectivity index (χ2v) is 9.35. The molecule has 28 heavy (non-hydrogen) atoms. The van der Waals surface area contributed by atoms with Crippen LogP contribution in [0.25, 0.3) is 5.57 Å². The standard InChI is InChI=1S/C21H25FN4OS/c1-14(10-16-6-4-5-7-20(16)22)26-17-8-9-18(19(12-24-3)15(2)23)21(11-17)28(27)13-25-28/h4-9,11-12,23-24,26,28H,1,10,13H2,2-3H3,(H,25,27)/b19-12+,23-15?. The van der Waals surface area contributed by atoms with Gasteiger partial charge in [-0.3, -0.25) is 4.21 Å². The van der Waals surface area contributed by atoms with Gasteiger partial charge in [0.05, 0.1) is 5.88 Å². The average Bonchev–Trinajstić information content (AvgIpc) is 3.40. The number of hydrogen-bond donors (Lipinski definition) is 5. The third kappa shape index (κ3) is 4.37. The lowest BCUT2D eigenvalue weighted by Gasteiger charge is -2.17. The number of thiol groups is 1. The van der Waals surface area contributed by atoms with E-state index in [9.17, 15) is 8.60 Å². The largest absolute Gasteiger partial charge is 0.393 e. The van der Waals surface area contributed by atoms with E-state index in [0.29, 0.717) is 39.7 Å². The van der Waals surface area contributed by atoms with Gasteiger partial charge in [-0.05, 0) is 40.8 Å². The van der Waals surface area contributed by atoms with Gasteiger partial charge >= 0.3 is 0 Å². The lowest BCUT2D eigenvalue weighted by Crippen LogP contribution is -2.09. The molecular formula is C21H25FN4OS. The van der Waals surface area contributed by atoms with E-state index in [0.717, 1.165) is 11.3 Å². The Bertz CT molecular complexity index is 1010. The summed E-state index contributed by atoms with van der Waals surface area (Å²) in [5.74, 6) is 0.181. The molecule has 0 aliphatic carbocycles. The summed E-state index contributed by atoms with van der Waals surface area (Å²) in [4.78, 5) is 0.685. The molecule has 0 spiro atoms. The summed E-state index contributed by atoms with van der Waals surface area (Å²) in [7, 11) is -0.846. The van der Waals surface area contributed by atoms with Crippen molar-refractivity contribution in [1.29, 1.82) is 5.41 Å².